The SMILES string of the molecule is CCN1CCCC1CNC(C)c1ccc(SC)cc1. The van der Waals surface area contributed by atoms with Crippen molar-refractivity contribution >= 4 is 11.8 Å². The van der Waals surface area contributed by atoms with Gasteiger partial charge >= 0.3 is 0 Å². The highest BCUT2D eigenvalue weighted by atomic mass is 32.2. The summed E-state index contributed by atoms with van der Waals surface area (Å²) in [4.78, 5) is 3.93. The summed E-state index contributed by atoms with van der Waals surface area (Å²) in [5.74, 6) is 0. The van der Waals surface area contributed by atoms with Crippen LogP contribution < -0.4 is 5.32 Å². The molecular formula is C16H26N2S. The van der Waals surface area contributed by atoms with Gasteiger partial charge < -0.3 is 5.32 Å². The Kier molecular flexibility index (Phi) is 5.74. The molecule has 1 saturated heterocycles. The fraction of sp³-hybridized carbons (Fsp3) is 0.625. The third-order valence-corrected chi connectivity index (χ3v) is 4.92. The van der Waals surface area contributed by atoms with Gasteiger partial charge in [0, 0.05) is 23.5 Å². The lowest BCUT2D eigenvalue weighted by Crippen LogP contribution is -2.38. The van der Waals surface area contributed by atoms with Crippen LogP contribution in [0.4, 0.5) is 0 Å². The smallest absolute Gasteiger partial charge is 0.0292 e. The van der Waals surface area contributed by atoms with E-state index in [0.717, 1.165) is 12.6 Å². The van der Waals surface area contributed by atoms with E-state index in [2.05, 4.69) is 54.6 Å². The van der Waals surface area contributed by atoms with Crippen LogP contribution in [0.5, 0.6) is 0 Å². The van der Waals surface area contributed by atoms with Crippen molar-refractivity contribution < 1.29 is 0 Å². The standard InChI is InChI=1S/C16H26N2S/c1-4-18-11-5-6-15(18)12-17-13(2)14-7-9-16(19-3)10-8-14/h7-10,13,15,17H,4-6,11-12H2,1-3H3. The first-order valence-electron chi connectivity index (χ1n) is 7.36. The number of hydrogen-bond donors (Lipinski definition) is 1. The average Bonchev–Trinajstić information content (AvgIpc) is 2.92. The topological polar surface area (TPSA) is 15.3 Å². The zero-order valence-electron chi connectivity index (χ0n) is 12.4. The molecule has 0 aromatic heterocycles. The number of likely N-dealkylation sites (tertiary alicyclic amines) is 1. The maximum Gasteiger partial charge on any atom is 0.0292 e. The molecule has 1 aromatic carbocycles. The van der Waals surface area contributed by atoms with Gasteiger partial charge in [0.1, 0.15) is 0 Å². The number of hydrogen-bond acceptors (Lipinski definition) is 3. The maximum atomic E-state index is 3.69. The highest BCUT2D eigenvalue weighted by Crippen LogP contribution is 2.20. The third-order valence-electron chi connectivity index (χ3n) is 4.18. The molecule has 0 bridgehead atoms. The molecule has 1 N–H and O–H groups in total. The van der Waals surface area contributed by atoms with Gasteiger partial charge in [0.25, 0.3) is 0 Å². The largest absolute Gasteiger partial charge is 0.309 e. The van der Waals surface area contributed by atoms with E-state index in [9.17, 15) is 0 Å². The van der Waals surface area contributed by atoms with Gasteiger partial charge in [-0.3, -0.25) is 4.90 Å². The Labute approximate surface area is 122 Å². The molecule has 106 valence electrons. The van der Waals surface area contributed by atoms with Crippen LogP contribution in [-0.4, -0.2) is 36.8 Å². The number of nitrogens with one attached hydrogen (secondary N) is 1. The van der Waals surface area contributed by atoms with Gasteiger partial charge in [0.15, 0.2) is 0 Å². The van der Waals surface area contributed by atoms with Crippen LogP contribution in [0.3, 0.4) is 0 Å². The first-order chi connectivity index (χ1) is 9.24. The van der Waals surface area contributed by atoms with Crippen molar-refractivity contribution in [1.82, 2.24) is 10.2 Å². The fourth-order valence-corrected chi connectivity index (χ4v) is 3.27. The molecule has 0 radical (unpaired) electrons. The van der Waals surface area contributed by atoms with E-state index in [1.165, 1.54) is 36.4 Å². The van der Waals surface area contributed by atoms with Crippen molar-refractivity contribution in [3.63, 3.8) is 0 Å². The van der Waals surface area contributed by atoms with E-state index in [0.29, 0.717) is 6.04 Å². The number of thioether (sulfide) groups is 1. The summed E-state index contributed by atoms with van der Waals surface area (Å²) >= 11 is 1.80. The Morgan fingerprint density at radius 1 is 1.37 bits per heavy atom. The van der Waals surface area contributed by atoms with E-state index in [1.54, 1.807) is 11.8 Å². The molecule has 19 heavy (non-hydrogen) atoms. The summed E-state index contributed by atoms with van der Waals surface area (Å²) in [5, 5.41) is 3.69. The van der Waals surface area contributed by atoms with Crippen LogP contribution >= 0.6 is 11.8 Å². The zero-order valence-corrected chi connectivity index (χ0v) is 13.2. The molecule has 1 aliphatic rings. The summed E-state index contributed by atoms with van der Waals surface area (Å²) in [6.45, 7) is 8.10. The summed E-state index contributed by atoms with van der Waals surface area (Å²) < 4.78 is 0. The molecule has 1 aliphatic heterocycles. The highest BCUT2D eigenvalue weighted by molar-refractivity contribution is 7.98. The molecule has 3 heteroatoms. The van der Waals surface area contributed by atoms with E-state index in [4.69, 9.17) is 0 Å². The van der Waals surface area contributed by atoms with E-state index in [1.807, 2.05) is 0 Å². The average molecular weight is 278 g/mol. The second-order valence-electron chi connectivity index (χ2n) is 5.33. The minimum absolute atomic E-state index is 0.440. The van der Waals surface area contributed by atoms with Gasteiger partial charge in [0.2, 0.25) is 0 Å². The molecule has 1 fully saturated rings. The Morgan fingerprint density at radius 3 is 2.74 bits per heavy atom. The number of likely N-dealkylation sites (N-methyl/N-ethyl adjacent to an activating group) is 1. The second kappa shape index (κ2) is 7.32. The van der Waals surface area contributed by atoms with E-state index in [-0.39, 0.29) is 0 Å². The first kappa shape index (κ1) is 14.9. The van der Waals surface area contributed by atoms with Gasteiger partial charge in [-0.1, -0.05) is 19.1 Å². The number of benzene rings is 1. The second-order valence-corrected chi connectivity index (χ2v) is 6.21. The lowest BCUT2D eigenvalue weighted by atomic mass is 10.1. The lowest BCUT2D eigenvalue weighted by Gasteiger charge is -2.25. The molecular weight excluding hydrogens is 252 g/mol. The molecule has 2 atom stereocenters. The molecule has 0 saturated carbocycles. The summed E-state index contributed by atoms with van der Waals surface area (Å²) in [5.41, 5.74) is 1.39. The van der Waals surface area contributed by atoms with E-state index < -0.39 is 0 Å². The summed E-state index contributed by atoms with van der Waals surface area (Å²) in [6, 6.07) is 10.1. The zero-order chi connectivity index (χ0) is 13.7. The first-order valence-corrected chi connectivity index (χ1v) is 8.58. The Bertz CT molecular complexity index is 377. The minimum atomic E-state index is 0.440. The monoisotopic (exact) mass is 278 g/mol. The van der Waals surface area contributed by atoms with Crippen molar-refractivity contribution in [2.75, 3.05) is 25.9 Å². The fourth-order valence-electron chi connectivity index (χ4n) is 2.87. The van der Waals surface area contributed by atoms with Crippen LogP contribution in [-0.2, 0) is 0 Å². The molecule has 0 aliphatic carbocycles. The predicted molar refractivity (Wildman–Crippen MR) is 84.9 cm³/mol. The molecule has 2 nitrogen and oxygen atoms in total. The minimum Gasteiger partial charge on any atom is -0.309 e. The molecule has 2 unspecified atom stereocenters. The number of rotatable bonds is 6. The van der Waals surface area contributed by atoms with Crippen molar-refractivity contribution in [1.29, 1.82) is 0 Å². The van der Waals surface area contributed by atoms with Crippen LogP contribution in [0.15, 0.2) is 29.2 Å². The Morgan fingerprint density at radius 2 is 2.11 bits per heavy atom. The summed E-state index contributed by atoms with van der Waals surface area (Å²) in [7, 11) is 0. The number of nitrogens with zero attached hydrogens (tertiary/aromatic N) is 1. The van der Waals surface area contributed by atoms with Gasteiger partial charge in [-0.25, -0.2) is 0 Å². The lowest BCUT2D eigenvalue weighted by molar-refractivity contribution is 0.255. The Hall–Kier alpha value is -0.510. The van der Waals surface area contributed by atoms with E-state index >= 15 is 0 Å². The van der Waals surface area contributed by atoms with Crippen molar-refractivity contribution in [2.45, 2.75) is 43.7 Å². The van der Waals surface area contributed by atoms with Gasteiger partial charge in [-0.2, -0.15) is 0 Å². The van der Waals surface area contributed by atoms with Gasteiger partial charge in [-0.15, -0.1) is 11.8 Å². The molecule has 2 rings (SSSR count). The van der Waals surface area contributed by atoms with Gasteiger partial charge in [0.05, 0.1) is 0 Å². The van der Waals surface area contributed by atoms with Crippen LogP contribution in [0.1, 0.15) is 38.3 Å². The van der Waals surface area contributed by atoms with Crippen molar-refractivity contribution in [2.24, 2.45) is 0 Å². The highest BCUT2D eigenvalue weighted by Gasteiger charge is 2.22. The Balaban J connectivity index is 1.84. The van der Waals surface area contributed by atoms with Crippen molar-refractivity contribution in [3.05, 3.63) is 29.8 Å². The summed E-state index contributed by atoms with van der Waals surface area (Å²) in [6.07, 6.45) is 4.83. The van der Waals surface area contributed by atoms with Crippen LogP contribution in [0.25, 0.3) is 0 Å². The predicted octanol–water partition coefficient (Wildman–Crippen LogP) is 3.54. The quantitative estimate of drug-likeness (QED) is 0.801. The van der Waals surface area contributed by atoms with Gasteiger partial charge in [-0.05, 0) is 56.8 Å². The molecule has 1 heterocycles. The normalized spacial score (nSPS) is 21.7. The van der Waals surface area contributed by atoms with Crippen molar-refractivity contribution in [3.8, 4) is 0 Å². The molecule has 0 spiro atoms. The molecule has 1 aromatic rings. The van der Waals surface area contributed by atoms with Crippen LogP contribution in [0.2, 0.25) is 0 Å². The molecule has 0 amide bonds. The maximum absolute atomic E-state index is 3.69. The third kappa shape index (κ3) is 3.98. The van der Waals surface area contributed by atoms with Crippen LogP contribution in [0, 0.1) is 0 Å².